The summed E-state index contributed by atoms with van der Waals surface area (Å²) < 4.78 is 5.29. The minimum Gasteiger partial charge on any atom is -0.496 e. The minimum atomic E-state index is -0.226. The summed E-state index contributed by atoms with van der Waals surface area (Å²) in [6.45, 7) is 3.54. The first-order valence-electron chi connectivity index (χ1n) is 9.70. The van der Waals surface area contributed by atoms with Crippen LogP contribution in [0.3, 0.4) is 0 Å². The SMILES string of the molecule is COc1ccccc1C(=O)N1CCN(CCN2C(=O)c3ccccc3C2=O)CC1. The lowest BCUT2D eigenvalue weighted by molar-refractivity contribution is 0.0577. The van der Waals surface area contributed by atoms with Gasteiger partial charge in [-0.3, -0.25) is 24.2 Å². The van der Waals surface area contributed by atoms with Crippen molar-refractivity contribution in [2.24, 2.45) is 0 Å². The lowest BCUT2D eigenvalue weighted by Gasteiger charge is -2.35. The summed E-state index contributed by atoms with van der Waals surface area (Å²) in [4.78, 5) is 43.0. The summed E-state index contributed by atoms with van der Waals surface area (Å²) in [6.07, 6.45) is 0. The number of para-hydroxylation sites is 1. The number of imide groups is 1. The van der Waals surface area contributed by atoms with E-state index >= 15 is 0 Å². The maximum Gasteiger partial charge on any atom is 0.261 e. The second-order valence-corrected chi connectivity index (χ2v) is 7.14. The van der Waals surface area contributed by atoms with Gasteiger partial charge in [-0.05, 0) is 24.3 Å². The van der Waals surface area contributed by atoms with E-state index in [1.807, 2.05) is 17.0 Å². The van der Waals surface area contributed by atoms with E-state index in [-0.39, 0.29) is 17.7 Å². The largest absolute Gasteiger partial charge is 0.496 e. The third kappa shape index (κ3) is 3.61. The third-order valence-electron chi connectivity index (χ3n) is 5.51. The smallest absolute Gasteiger partial charge is 0.261 e. The number of piperazine rings is 1. The highest BCUT2D eigenvalue weighted by Crippen LogP contribution is 2.23. The van der Waals surface area contributed by atoms with Gasteiger partial charge in [0.05, 0.1) is 23.8 Å². The van der Waals surface area contributed by atoms with Crippen LogP contribution in [0.15, 0.2) is 48.5 Å². The number of carbonyl (C=O) groups is 3. The minimum absolute atomic E-state index is 0.0394. The second-order valence-electron chi connectivity index (χ2n) is 7.14. The van der Waals surface area contributed by atoms with Crippen molar-refractivity contribution in [3.05, 3.63) is 65.2 Å². The van der Waals surface area contributed by atoms with Crippen molar-refractivity contribution >= 4 is 17.7 Å². The van der Waals surface area contributed by atoms with Crippen LogP contribution in [0.1, 0.15) is 31.1 Å². The van der Waals surface area contributed by atoms with Crippen molar-refractivity contribution in [2.45, 2.75) is 0 Å². The molecule has 150 valence electrons. The highest BCUT2D eigenvalue weighted by Gasteiger charge is 2.35. The molecule has 0 radical (unpaired) electrons. The van der Waals surface area contributed by atoms with Crippen LogP contribution in [0, 0.1) is 0 Å². The number of hydrogen-bond donors (Lipinski definition) is 0. The maximum atomic E-state index is 12.8. The molecule has 0 spiro atoms. The summed E-state index contributed by atoms with van der Waals surface area (Å²) in [5, 5.41) is 0. The Morgan fingerprint density at radius 3 is 2.07 bits per heavy atom. The molecule has 7 heteroatoms. The zero-order chi connectivity index (χ0) is 20.4. The van der Waals surface area contributed by atoms with Gasteiger partial charge in [0.1, 0.15) is 5.75 Å². The molecule has 29 heavy (non-hydrogen) atoms. The van der Waals surface area contributed by atoms with Crippen molar-refractivity contribution in [3.8, 4) is 5.75 Å². The average molecular weight is 393 g/mol. The Balaban J connectivity index is 1.31. The van der Waals surface area contributed by atoms with Gasteiger partial charge in [0, 0.05) is 39.3 Å². The van der Waals surface area contributed by atoms with Gasteiger partial charge in [0.25, 0.3) is 17.7 Å². The molecular weight excluding hydrogens is 370 g/mol. The van der Waals surface area contributed by atoms with Crippen LogP contribution in [0.2, 0.25) is 0 Å². The van der Waals surface area contributed by atoms with E-state index in [0.717, 1.165) is 0 Å². The van der Waals surface area contributed by atoms with Crippen molar-refractivity contribution in [1.29, 1.82) is 0 Å². The molecule has 1 saturated heterocycles. The molecule has 7 nitrogen and oxygen atoms in total. The lowest BCUT2D eigenvalue weighted by atomic mass is 10.1. The van der Waals surface area contributed by atoms with Crippen molar-refractivity contribution in [2.75, 3.05) is 46.4 Å². The third-order valence-corrected chi connectivity index (χ3v) is 5.51. The quantitative estimate of drug-likeness (QED) is 0.724. The number of ether oxygens (including phenoxy) is 1. The lowest BCUT2D eigenvalue weighted by Crippen LogP contribution is -2.50. The Morgan fingerprint density at radius 2 is 1.45 bits per heavy atom. The Labute approximate surface area is 169 Å². The van der Waals surface area contributed by atoms with Gasteiger partial charge in [0.2, 0.25) is 0 Å². The number of carbonyl (C=O) groups excluding carboxylic acids is 3. The summed E-state index contributed by atoms with van der Waals surface area (Å²) in [5.74, 6) is 0.0826. The number of hydrogen-bond acceptors (Lipinski definition) is 5. The first-order chi connectivity index (χ1) is 14.1. The summed E-state index contributed by atoms with van der Waals surface area (Å²) in [5.41, 5.74) is 1.52. The molecule has 0 unspecified atom stereocenters. The van der Waals surface area contributed by atoms with Crippen LogP contribution in [0.25, 0.3) is 0 Å². The number of fused-ring (bicyclic) bond motifs is 1. The van der Waals surface area contributed by atoms with E-state index in [0.29, 0.717) is 61.7 Å². The molecule has 0 aliphatic carbocycles. The van der Waals surface area contributed by atoms with Gasteiger partial charge < -0.3 is 9.64 Å². The highest BCUT2D eigenvalue weighted by molar-refractivity contribution is 6.21. The van der Waals surface area contributed by atoms with E-state index in [2.05, 4.69) is 4.90 Å². The fourth-order valence-corrected chi connectivity index (χ4v) is 3.85. The van der Waals surface area contributed by atoms with Gasteiger partial charge in [-0.2, -0.15) is 0 Å². The van der Waals surface area contributed by atoms with E-state index in [4.69, 9.17) is 4.74 Å². The maximum absolute atomic E-state index is 12.8. The van der Waals surface area contributed by atoms with Crippen molar-refractivity contribution < 1.29 is 19.1 Å². The van der Waals surface area contributed by atoms with E-state index < -0.39 is 0 Å². The van der Waals surface area contributed by atoms with Gasteiger partial charge >= 0.3 is 0 Å². The second kappa shape index (κ2) is 8.05. The first-order valence-corrected chi connectivity index (χ1v) is 9.70. The van der Waals surface area contributed by atoms with E-state index in [1.54, 1.807) is 43.5 Å². The fraction of sp³-hybridized carbons (Fsp3) is 0.318. The van der Waals surface area contributed by atoms with Crippen LogP contribution in [0.5, 0.6) is 5.75 Å². The molecule has 2 aromatic carbocycles. The zero-order valence-electron chi connectivity index (χ0n) is 16.3. The molecule has 0 saturated carbocycles. The molecule has 1 fully saturated rings. The van der Waals surface area contributed by atoms with Crippen LogP contribution in [-0.2, 0) is 0 Å². The normalized spacial score (nSPS) is 16.9. The monoisotopic (exact) mass is 393 g/mol. The molecule has 0 aromatic heterocycles. The van der Waals surface area contributed by atoms with Crippen LogP contribution >= 0.6 is 0 Å². The fourth-order valence-electron chi connectivity index (χ4n) is 3.85. The summed E-state index contributed by atoms with van der Waals surface area (Å²) in [6, 6.07) is 14.1. The average Bonchev–Trinajstić information content (AvgIpc) is 3.02. The molecule has 4 rings (SSSR count). The van der Waals surface area contributed by atoms with Crippen molar-refractivity contribution in [1.82, 2.24) is 14.7 Å². The molecule has 0 bridgehead atoms. The number of nitrogens with zero attached hydrogens (tertiary/aromatic N) is 3. The zero-order valence-corrected chi connectivity index (χ0v) is 16.3. The molecule has 0 N–H and O–H groups in total. The van der Waals surface area contributed by atoms with Crippen LogP contribution in [-0.4, -0.2) is 78.8 Å². The van der Waals surface area contributed by atoms with Crippen LogP contribution in [0.4, 0.5) is 0 Å². The molecule has 2 aliphatic heterocycles. The number of methoxy groups -OCH3 is 1. The van der Waals surface area contributed by atoms with Crippen molar-refractivity contribution in [3.63, 3.8) is 0 Å². The summed E-state index contributed by atoms with van der Waals surface area (Å²) >= 11 is 0. The summed E-state index contributed by atoms with van der Waals surface area (Å²) in [7, 11) is 1.56. The Hall–Kier alpha value is -3.19. The van der Waals surface area contributed by atoms with E-state index in [9.17, 15) is 14.4 Å². The van der Waals surface area contributed by atoms with Crippen LogP contribution < -0.4 is 4.74 Å². The molecule has 2 aromatic rings. The Bertz CT molecular complexity index is 916. The van der Waals surface area contributed by atoms with Gasteiger partial charge in [-0.1, -0.05) is 24.3 Å². The van der Waals surface area contributed by atoms with Gasteiger partial charge in [-0.15, -0.1) is 0 Å². The molecule has 0 atom stereocenters. The molecular formula is C22H23N3O4. The van der Waals surface area contributed by atoms with Gasteiger partial charge in [-0.25, -0.2) is 0 Å². The Morgan fingerprint density at radius 1 is 0.862 bits per heavy atom. The molecule has 2 heterocycles. The molecule has 2 aliphatic rings. The predicted molar refractivity (Wildman–Crippen MR) is 107 cm³/mol. The standard InChI is InChI=1S/C22H23N3O4/c1-29-19-9-5-4-8-18(19)20(26)24-13-10-23(11-14-24)12-15-25-21(27)16-6-2-3-7-17(16)22(25)28/h2-9H,10-15H2,1H3. The number of amides is 3. The highest BCUT2D eigenvalue weighted by atomic mass is 16.5. The number of rotatable bonds is 5. The van der Waals surface area contributed by atoms with Gasteiger partial charge in [0.15, 0.2) is 0 Å². The topological polar surface area (TPSA) is 70.2 Å². The first kappa shape index (κ1) is 19.1. The van der Waals surface area contributed by atoms with E-state index in [1.165, 1.54) is 4.90 Å². The number of benzene rings is 2. The Kier molecular flexibility index (Phi) is 5.31. The molecule has 3 amide bonds. The predicted octanol–water partition coefficient (Wildman–Crippen LogP) is 1.75.